The zero-order valence-electron chi connectivity index (χ0n) is 19.3. The van der Waals surface area contributed by atoms with E-state index in [0.29, 0.717) is 13.1 Å². The monoisotopic (exact) mass is 477 g/mol. The van der Waals surface area contributed by atoms with Crippen LogP contribution in [0.25, 0.3) is 43.6 Å². The molecule has 0 bridgehead atoms. The van der Waals surface area contributed by atoms with Crippen LogP contribution in [0.15, 0.2) is 61.2 Å². The Hall–Kier alpha value is -4.14. The number of amides is 1. The van der Waals surface area contributed by atoms with Gasteiger partial charge in [0.1, 0.15) is 0 Å². The summed E-state index contributed by atoms with van der Waals surface area (Å²) in [5.74, 6) is -0.0644. The van der Waals surface area contributed by atoms with Crippen molar-refractivity contribution < 1.29 is 15.0 Å². The maximum absolute atomic E-state index is 13.3. The molecule has 0 spiro atoms. The van der Waals surface area contributed by atoms with E-state index in [1.54, 1.807) is 12.5 Å². The molecule has 178 valence electrons. The normalized spacial score (nSPS) is 19.4. The largest absolute Gasteiger partial charge is 0.388 e. The number of benzene rings is 3. The molecule has 0 saturated heterocycles. The summed E-state index contributed by atoms with van der Waals surface area (Å²) in [7, 11) is 0. The second kappa shape index (κ2) is 6.96. The lowest BCUT2D eigenvalue weighted by Crippen LogP contribution is -2.35. The highest BCUT2D eigenvalue weighted by Gasteiger charge is 2.34. The molecule has 2 atom stereocenters. The number of aromatic nitrogens is 4. The third-order valence-electron chi connectivity index (χ3n) is 7.94. The van der Waals surface area contributed by atoms with Gasteiger partial charge in [0.25, 0.3) is 5.91 Å². The van der Waals surface area contributed by atoms with E-state index in [1.807, 2.05) is 22.9 Å². The minimum atomic E-state index is -0.944. The fourth-order valence-electron chi connectivity index (χ4n) is 6.40. The number of fused-ring (bicyclic) bond motifs is 9. The van der Waals surface area contributed by atoms with E-state index in [4.69, 9.17) is 0 Å². The summed E-state index contributed by atoms with van der Waals surface area (Å²) in [6.45, 7) is 1.68. The zero-order valence-corrected chi connectivity index (χ0v) is 19.3. The van der Waals surface area contributed by atoms with Crippen LogP contribution in [0.3, 0.4) is 0 Å². The van der Waals surface area contributed by atoms with E-state index in [2.05, 4.69) is 49.8 Å². The highest BCUT2D eigenvalue weighted by atomic mass is 16.3. The van der Waals surface area contributed by atoms with Crippen LogP contribution >= 0.6 is 0 Å². The maximum atomic E-state index is 13.3. The first-order chi connectivity index (χ1) is 17.6. The zero-order chi connectivity index (χ0) is 24.1. The fourth-order valence-corrected chi connectivity index (χ4v) is 6.40. The number of aliphatic hydroxyl groups is 2. The Morgan fingerprint density at radius 2 is 1.69 bits per heavy atom. The standard InChI is InChI=1S/C28H23N5O3/c34-21-12-32-19-4-2-1-3-16(19)23-18-10-30-28(36)25(18)24-17-9-15(11-31-8-7-29-14-31)5-6-20(17)33(13-22(21)35)27(24)26(23)32/h1-9,14,21-22,34-35H,10-13H2,(H,30,36). The number of rotatable bonds is 2. The van der Waals surface area contributed by atoms with Crippen LogP contribution in [0.4, 0.5) is 0 Å². The number of hydrogen-bond donors (Lipinski definition) is 3. The molecule has 5 heterocycles. The van der Waals surface area contributed by atoms with E-state index in [0.717, 1.165) is 60.3 Å². The van der Waals surface area contributed by atoms with Gasteiger partial charge in [-0.15, -0.1) is 0 Å². The van der Waals surface area contributed by atoms with Gasteiger partial charge in [0.05, 0.1) is 48.2 Å². The van der Waals surface area contributed by atoms with Gasteiger partial charge in [0.2, 0.25) is 0 Å². The van der Waals surface area contributed by atoms with E-state index in [-0.39, 0.29) is 19.0 Å². The summed E-state index contributed by atoms with van der Waals surface area (Å²) in [4.78, 5) is 17.5. The van der Waals surface area contributed by atoms with Gasteiger partial charge in [0.15, 0.2) is 0 Å². The number of nitrogens with one attached hydrogen (secondary N) is 1. The summed E-state index contributed by atoms with van der Waals surface area (Å²) in [6.07, 6.45) is 3.63. The molecule has 2 unspecified atom stereocenters. The van der Waals surface area contributed by atoms with Crippen molar-refractivity contribution in [1.82, 2.24) is 24.0 Å². The Balaban J connectivity index is 1.59. The van der Waals surface area contributed by atoms with Crippen molar-refractivity contribution in [1.29, 1.82) is 0 Å². The number of imidazole rings is 1. The molecule has 1 amide bonds. The topological polar surface area (TPSA) is 97.2 Å². The minimum absolute atomic E-state index is 0.0644. The second-order valence-electron chi connectivity index (χ2n) is 9.94. The predicted molar refractivity (Wildman–Crippen MR) is 137 cm³/mol. The lowest BCUT2D eigenvalue weighted by molar-refractivity contribution is 0.00168. The van der Waals surface area contributed by atoms with Crippen LogP contribution < -0.4 is 5.32 Å². The van der Waals surface area contributed by atoms with Gasteiger partial charge in [-0.05, 0) is 29.3 Å². The highest BCUT2D eigenvalue weighted by Crippen LogP contribution is 2.45. The molecule has 3 aromatic carbocycles. The number of aliphatic hydroxyl groups excluding tert-OH is 2. The van der Waals surface area contributed by atoms with Crippen LogP contribution in [0.1, 0.15) is 21.5 Å². The van der Waals surface area contributed by atoms with Crippen molar-refractivity contribution in [3.63, 3.8) is 0 Å². The lowest BCUT2D eigenvalue weighted by Gasteiger charge is -2.24. The van der Waals surface area contributed by atoms with Crippen molar-refractivity contribution in [3.05, 3.63) is 77.9 Å². The average Bonchev–Trinajstić information content (AvgIpc) is 3.65. The van der Waals surface area contributed by atoms with Crippen molar-refractivity contribution >= 4 is 49.5 Å². The maximum Gasteiger partial charge on any atom is 0.252 e. The highest BCUT2D eigenvalue weighted by molar-refractivity contribution is 6.30. The number of para-hydroxylation sites is 1. The Morgan fingerprint density at radius 3 is 2.47 bits per heavy atom. The summed E-state index contributed by atoms with van der Waals surface area (Å²) >= 11 is 0. The Kier molecular flexibility index (Phi) is 3.89. The van der Waals surface area contributed by atoms with Gasteiger partial charge in [-0.2, -0.15) is 0 Å². The number of carbonyl (C=O) groups excluding carboxylic acids is 1. The number of hydrogen-bond acceptors (Lipinski definition) is 4. The average molecular weight is 478 g/mol. The van der Waals surface area contributed by atoms with Crippen LogP contribution in [0.2, 0.25) is 0 Å². The van der Waals surface area contributed by atoms with E-state index >= 15 is 0 Å². The van der Waals surface area contributed by atoms with Gasteiger partial charge >= 0.3 is 0 Å². The summed E-state index contributed by atoms with van der Waals surface area (Å²) in [5, 5.41) is 29.1. The first kappa shape index (κ1) is 20.1. The van der Waals surface area contributed by atoms with Gasteiger partial charge in [-0.3, -0.25) is 4.79 Å². The SMILES string of the molecule is O=C1NCc2c1c1c3cc(Cn4ccnc4)ccc3n3c1c1c2c2ccccc2n1CC(O)C(O)C3. The Bertz CT molecular complexity index is 1880. The molecule has 0 radical (unpaired) electrons. The molecule has 36 heavy (non-hydrogen) atoms. The molecule has 0 fully saturated rings. The molecule has 8 rings (SSSR count). The molecule has 0 saturated carbocycles. The summed E-state index contributed by atoms with van der Waals surface area (Å²) < 4.78 is 6.25. The molecule has 2 aliphatic heterocycles. The van der Waals surface area contributed by atoms with Gasteiger partial charge in [0, 0.05) is 58.1 Å². The molecule has 8 nitrogen and oxygen atoms in total. The van der Waals surface area contributed by atoms with Crippen molar-refractivity contribution in [2.45, 2.75) is 38.4 Å². The molecule has 3 N–H and O–H groups in total. The molecule has 3 aromatic heterocycles. The van der Waals surface area contributed by atoms with Crippen molar-refractivity contribution in [2.75, 3.05) is 0 Å². The summed E-state index contributed by atoms with van der Waals surface area (Å²) in [6, 6.07) is 14.4. The van der Waals surface area contributed by atoms with Crippen LogP contribution in [0, 0.1) is 0 Å². The van der Waals surface area contributed by atoms with Crippen molar-refractivity contribution in [3.8, 4) is 0 Å². The molecular weight excluding hydrogens is 454 g/mol. The molecule has 2 aliphatic rings. The van der Waals surface area contributed by atoms with E-state index < -0.39 is 12.2 Å². The molecular formula is C28H23N5O3. The Labute approximate surface area is 205 Å². The van der Waals surface area contributed by atoms with Crippen molar-refractivity contribution in [2.24, 2.45) is 0 Å². The quantitative estimate of drug-likeness (QED) is 0.357. The first-order valence-electron chi connectivity index (χ1n) is 12.2. The van der Waals surface area contributed by atoms with Gasteiger partial charge in [-0.1, -0.05) is 24.3 Å². The minimum Gasteiger partial charge on any atom is -0.388 e. The third kappa shape index (κ3) is 2.49. The predicted octanol–water partition coefficient (Wildman–Crippen LogP) is 3.13. The van der Waals surface area contributed by atoms with E-state index in [1.165, 1.54) is 0 Å². The number of carbonyl (C=O) groups is 1. The molecule has 6 aromatic rings. The second-order valence-corrected chi connectivity index (χ2v) is 9.94. The fraction of sp³-hybridized carbons (Fsp3) is 0.214. The molecule has 0 aliphatic carbocycles. The lowest BCUT2D eigenvalue weighted by atomic mass is 9.96. The van der Waals surface area contributed by atoms with Crippen LogP contribution in [-0.4, -0.2) is 47.0 Å². The smallest absolute Gasteiger partial charge is 0.252 e. The van der Waals surface area contributed by atoms with Gasteiger partial charge < -0.3 is 29.2 Å². The van der Waals surface area contributed by atoms with Gasteiger partial charge in [-0.25, -0.2) is 4.98 Å². The third-order valence-corrected chi connectivity index (χ3v) is 7.94. The van der Waals surface area contributed by atoms with E-state index in [9.17, 15) is 15.0 Å². The first-order valence-corrected chi connectivity index (χ1v) is 12.2. The number of nitrogens with zero attached hydrogens (tertiary/aromatic N) is 4. The summed E-state index contributed by atoms with van der Waals surface area (Å²) in [5.41, 5.74) is 6.72. The van der Waals surface area contributed by atoms with Crippen LogP contribution in [-0.2, 0) is 26.2 Å². The molecule has 8 heteroatoms. The Morgan fingerprint density at radius 1 is 0.944 bits per heavy atom. The van der Waals surface area contributed by atoms with Crippen LogP contribution in [0.5, 0.6) is 0 Å².